The second kappa shape index (κ2) is 9.64. The molecule has 0 amide bonds. The van der Waals surface area contributed by atoms with Gasteiger partial charge in [-0.2, -0.15) is 0 Å². The van der Waals surface area contributed by atoms with Gasteiger partial charge in [0.25, 0.3) is 0 Å². The summed E-state index contributed by atoms with van der Waals surface area (Å²) in [6.45, 7) is 0. The molecule has 0 unspecified atom stereocenters. The highest BCUT2D eigenvalue weighted by Gasteiger charge is 2.16. The smallest absolute Gasteiger partial charge is 0.172 e. The first-order valence-electron chi connectivity index (χ1n) is 13.1. The first-order chi connectivity index (χ1) is 19.7. The minimum Gasteiger partial charge on any atom is -0.383 e. The average Bonchev–Trinajstić information content (AvgIpc) is 3.36. The third-order valence-electron chi connectivity index (χ3n) is 7.27. The lowest BCUT2D eigenvalue weighted by Gasteiger charge is -2.09. The van der Waals surface area contributed by atoms with Crippen molar-refractivity contribution in [1.29, 1.82) is 5.41 Å². The summed E-state index contributed by atoms with van der Waals surface area (Å²) in [7, 11) is 0. The highest BCUT2D eigenvalue weighted by atomic mass is 15.1. The molecular formula is C35H25N5. The van der Waals surface area contributed by atoms with Crippen molar-refractivity contribution in [3.8, 4) is 16.9 Å². The number of fused-ring (bicyclic) bond motifs is 5. The predicted molar refractivity (Wildman–Crippen MR) is 166 cm³/mol. The maximum atomic E-state index is 8.74. The molecule has 0 spiro atoms. The van der Waals surface area contributed by atoms with Crippen LogP contribution in [0.5, 0.6) is 0 Å². The van der Waals surface area contributed by atoms with Gasteiger partial charge in [0.2, 0.25) is 0 Å². The quantitative estimate of drug-likeness (QED) is 0.186. The summed E-state index contributed by atoms with van der Waals surface area (Å²) in [4.78, 5) is 9.33. The van der Waals surface area contributed by atoms with Crippen molar-refractivity contribution in [2.45, 2.75) is 0 Å². The summed E-state index contributed by atoms with van der Waals surface area (Å²) >= 11 is 0. The summed E-state index contributed by atoms with van der Waals surface area (Å²) in [5, 5.41) is 13.5. The molecule has 2 heterocycles. The molecule has 0 aliphatic heterocycles. The summed E-state index contributed by atoms with van der Waals surface area (Å²) in [6, 6.07) is 44.8. The fraction of sp³-hybridized carbons (Fsp3) is 0. The number of hydrogen-bond donors (Lipinski definition) is 2. The van der Waals surface area contributed by atoms with Gasteiger partial charge in [-0.25, -0.2) is 9.98 Å². The monoisotopic (exact) mass is 515 g/mol. The minimum atomic E-state index is 0.00989. The fourth-order valence-corrected chi connectivity index (χ4v) is 5.40. The molecule has 5 aromatic carbocycles. The third-order valence-corrected chi connectivity index (χ3v) is 7.27. The van der Waals surface area contributed by atoms with Gasteiger partial charge in [-0.05, 0) is 52.2 Å². The molecule has 40 heavy (non-hydrogen) atoms. The molecule has 0 aliphatic carbocycles. The van der Waals surface area contributed by atoms with Crippen LogP contribution in [-0.4, -0.2) is 21.2 Å². The first-order valence-corrected chi connectivity index (χ1v) is 13.1. The van der Waals surface area contributed by atoms with Gasteiger partial charge in [0, 0.05) is 16.3 Å². The second-order valence-corrected chi connectivity index (χ2v) is 9.71. The third kappa shape index (κ3) is 4.01. The number of hydrogen-bond acceptors (Lipinski definition) is 2. The van der Waals surface area contributed by atoms with Crippen molar-refractivity contribution in [3.05, 3.63) is 145 Å². The molecule has 0 atom stereocenters. The van der Waals surface area contributed by atoms with E-state index in [2.05, 4.69) is 76.3 Å². The highest BCUT2D eigenvalue weighted by Crippen LogP contribution is 2.36. The van der Waals surface area contributed by atoms with Crippen LogP contribution >= 0.6 is 0 Å². The van der Waals surface area contributed by atoms with E-state index in [0.29, 0.717) is 5.69 Å². The SMILES string of the molecule is N=C(N=C(N)c1cccc(-c2ccccc2)c1)c1cccc(-n2c3ccccc3c3c4ccccc4ccc32)n1. The van der Waals surface area contributed by atoms with E-state index in [1.165, 1.54) is 16.2 Å². The van der Waals surface area contributed by atoms with Crippen molar-refractivity contribution >= 4 is 44.2 Å². The molecule has 0 saturated carbocycles. The average molecular weight is 516 g/mol. The lowest BCUT2D eigenvalue weighted by Crippen LogP contribution is -2.16. The van der Waals surface area contributed by atoms with Crippen molar-refractivity contribution in [2.75, 3.05) is 0 Å². The Morgan fingerprint density at radius 1 is 0.650 bits per heavy atom. The van der Waals surface area contributed by atoms with Crippen LogP contribution in [0.25, 0.3) is 49.5 Å². The Balaban J connectivity index is 1.30. The van der Waals surface area contributed by atoms with E-state index in [0.717, 1.165) is 38.9 Å². The Labute approximate surface area is 231 Å². The topological polar surface area (TPSA) is 80.0 Å². The van der Waals surface area contributed by atoms with E-state index in [-0.39, 0.29) is 11.7 Å². The van der Waals surface area contributed by atoms with Gasteiger partial charge in [-0.15, -0.1) is 0 Å². The van der Waals surface area contributed by atoms with Crippen LogP contribution in [0.15, 0.2) is 138 Å². The van der Waals surface area contributed by atoms with Gasteiger partial charge in [-0.3, -0.25) is 9.98 Å². The predicted octanol–water partition coefficient (Wildman–Crippen LogP) is 7.73. The zero-order valence-corrected chi connectivity index (χ0v) is 21.6. The fourth-order valence-electron chi connectivity index (χ4n) is 5.40. The standard InChI is InChI=1S/C35H25N5/c36-34(26-14-8-13-25(22-26)23-10-2-1-3-11-23)39-35(37)29-17-9-19-32(38-29)40-30-18-7-6-16-28(30)33-27-15-5-4-12-24(27)20-21-31(33)40/h1-22H,(H3,36,37,39). The molecule has 3 N–H and O–H groups in total. The number of nitrogens with one attached hydrogen (secondary N) is 1. The molecule has 0 bridgehead atoms. The van der Waals surface area contributed by atoms with Crippen LogP contribution in [-0.2, 0) is 0 Å². The van der Waals surface area contributed by atoms with E-state index >= 15 is 0 Å². The van der Waals surface area contributed by atoms with Gasteiger partial charge in [0.1, 0.15) is 17.3 Å². The van der Waals surface area contributed by atoms with Crippen LogP contribution in [0.4, 0.5) is 0 Å². The summed E-state index contributed by atoms with van der Waals surface area (Å²) in [5.74, 6) is 1.01. The van der Waals surface area contributed by atoms with Crippen LogP contribution in [0.1, 0.15) is 11.3 Å². The molecule has 7 aromatic rings. The van der Waals surface area contributed by atoms with E-state index in [1.54, 1.807) is 6.07 Å². The Bertz CT molecular complexity index is 2090. The van der Waals surface area contributed by atoms with Gasteiger partial charge < -0.3 is 5.73 Å². The Hall–Kier alpha value is -5.55. The second-order valence-electron chi connectivity index (χ2n) is 9.71. The Kier molecular flexibility index (Phi) is 5.68. The number of para-hydroxylation sites is 1. The lowest BCUT2D eigenvalue weighted by molar-refractivity contribution is 1.07. The van der Waals surface area contributed by atoms with Crippen LogP contribution in [0.2, 0.25) is 0 Å². The van der Waals surface area contributed by atoms with Crippen LogP contribution < -0.4 is 5.73 Å². The summed E-state index contributed by atoms with van der Waals surface area (Å²) in [5.41, 5.74) is 11.9. The number of aliphatic imine (C=N–C) groups is 1. The molecule has 0 radical (unpaired) electrons. The van der Waals surface area contributed by atoms with Crippen LogP contribution in [0, 0.1) is 5.41 Å². The normalized spacial score (nSPS) is 11.8. The zero-order chi connectivity index (χ0) is 27.1. The van der Waals surface area contributed by atoms with Gasteiger partial charge in [0.05, 0.1) is 11.0 Å². The molecule has 7 rings (SSSR count). The molecule has 2 aromatic heterocycles. The van der Waals surface area contributed by atoms with Gasteiger partial charge in [-0.1, -0.05) is 103 Å². The molecule has 0 aliphatic rings. The Morgan fingerprint density at radius 3 is 2.25 bits per heavy atom. The molecule has 0 fully saturated rings. The van der Waals surface area contributed by atoms with Crippen molar-refractivity contribution in [2.24, 2.45) is 10.7 Å². The maximum Gasteiger partial charge on any atom is 0.172 e. The van der Waals surface area contributed by atoms with E-state index in [9.17, 15) is 0 Å². The van der Waals surface area contributed by atoms with Crippen molar-refractivity contribution < 1.29 is 0 Å². The lowest BCUT2D eigenvalue weighted by atomic mass is 10.0. The molecule has 5 heteroatoms. The number of amidine groups is 2. The first kappa shape index (κ1) is 23.6. The molecule has 0 saturated heterocycles. The number of benzene rings is 5. The number of pyridine rings is 1. The molecular weight excluding hydrogens is 490 g/mol. The summed E-state index contributed by atoms with van der Waals surface area (Å²) < 4.78 is 2.16. The summed E-state index contributed by atoms with van der Waals surface area (Å²) in [6.07, 6.45) is 0. The number of nitrogens with zero attached hydrogens (tertiary/aromatic N) is 3. The number of rotatable bonds is 4. The van der Waals surface area contributed by atoms with E-state index in [1.807, 2.05) is 60.7 Å². The minimum absolute atomic E-state index is 0.00989. The maximum absolute atomic E-state index is 8.74. The largest absolute Gasteiger partial charge is 0.383 e. The Morgan fingerprint density at radius 2 is 1.38 bits per heavy atom. The highest BCUT2D eigenvalue weighted by molar-refractivity contribution is 6.21. The van der Waals surface area contributed by atoms with Gasteiger partial charge in [0.15, 0.2) is 5.84 Å². The van der Waals surface area contributed by atoms with Crippen molar-refractivity contribution in [3.63, 3.8) is 0 Å². The van der Waals surface area contributed by atoms with E-state index in [4.69, 9.17) is 16.1 Å². The van der Waals surface area contributed by atoms with Crippen molar-refractivity contribution in [1.82, 2.24) is 9.55 Å². The van der Waals surface area contributed by atoms with E-state index < -0.39 is 0 Å². The number of nitrogens with two attached hydrogens (primary N) is 1. The molecule has 5 nitrogen and oxygen atoms in total. The number of aromatic nitrogens is 2. The van der Waals surface area contributed by atoms with Gasteiger partial charge >= 0.3 is 0 Å². The van der Waals surface area contributed by atoms with Crippen LogP contribution in [0.3, 0.4) is 0 Å². The molecule has 190 valence electrons. The zero-order valence-electron chi connectivity index (χ0n) is 21.6.